The third-order valence-corrected chi connectivity index (χ3v) is 5.38. The fourth-order valence-electron chi connectivity index (χ4n) is 2.82. The summed E-state index contributed by atoms with van der Waals surface area (Å²) in [7, 11) is 0. The molecule has 5 nitrogen and oxygen atoms in total. The lowest BCUT2D eigenvalue weighted by molar-refractivity contribution is 0.0233. The van der Waals surface area contributed by atoms with Crippen molar-refractivity contribution < 1.29 is 9.84 Å². The number of halogens is 1. The van der Waals surface area contributed by atoms with E-state index < -0.39 is 0 Å². The molecule has 0 amide bonds. The van der Waals surface area contributed by atoms with Gasteiger partial charge in [0.1, 0.15) is 17.0 Å². The standard InChI is InChI=1S/C21H24ClN3O2S/c1-14(2)19-21(28-17-7-3-6-16(22)12-17)25-20(24-19)18(27-10-9-26)11-15-5-4-8-23-13-15/h3-8,12-14,18,26H,9-11H2,1-2H3,(H,24,25). The number of H-pyrrole nitrogens is 1. The molecule has 7 heteroatoms. The molecule has 148 valence electrons. The van der Waals surface area contributed by atoms with Gasteiger partial charge in [0, 0.05) is 28.7 Å². The number of pyridine rings is 1. The number of benzene rings is 1. The van der Waals surface area contributed by atoms with Crippen LogP contribution >= 0.6 is 23.4 Å². The van der Waals surface area contributed by atoms with Crippen molar-refractivity contribution in [3.8, 4) is 0 Å². The summed E-state index contributed by atoms with van der Waals surface area (Å²) in [6.45, 7) is 4.45. The number of aromatic nitrogens is 3. The molecule has 3 rings (SSSR count). The smallest absolute Gasteiger partial charge is 0.136 e. The Morgan fingerprint density at radius 3 is 2.79 bits per heavy atom. The molecule has 0 saturated heterocycles. The highest BCUT2D eigenvalue weighted by molar-refractivity contribution is 7.99. The van der Waals surface area contributed by atoms with Gasteiger partial charge in [0.15, 0.2) is 0 Å². The molecule has 1 unspecified atom stereocenters. The van der Waals surface area contributed by atoms with Crippen LogP contribution in [0, 0.1) is 0 Å². The van der Waals surface area contributed by atoms with E-state index in [1.165, 1.54) is 0 Å². The van der Waals surface area contributed by atoms with Crippen LogP contribution in [-0.4, -0.2) is 33.3 Å². The Morgan fingerprint density at radius 2 is 2.11 bits per heavy atom. The van der Waals surface area contributed by atoms with E-state index in [-0.39, 0.29) is 25.2 Å². The van der Waals surface area contributed by atoms with Crippen LogP contribution < -0.4 is 0 Å². The lowest BCUT2D eigenvalue weighted by Gasteiger charge is -2.15. The summed E-state index contributed by atoms with van der Waals surface area (Å²) in [6.07, 6.45) is 3.91. The van der Waals surface area contributed by atoms with Crippen LogP contribution in [-0.2, 0) is 11.2 Å². The SMILES string of the molecule is CC(C)c1nc(C(Cc2cccnc2)OCCO)[nH]c1Sc1cccc(Cl)c1. The Bertz CT molecular complexity index is 886. The van der Waals surface area contributed by atoms with Gasteiger partial charge in [0.25, 0.3) is 0 Å². The molecule has 0 saturated carbocycles. The average Bonchev–Trinajstić information content (AvgIpc) is 3.10. The third kappa shape index (κ3) is 5.58. The van der Waals surface area contributed by atoms with E-state index in [1.807, 2.05) is 42.6 Å². The highest BCUT2D eigenvalue weighted by Crippen LogP contribution is 2.35. The maximum absolute atomic E-state index is 9.21. The highest BCUT2D eigenvalue weighted by atomic mass is 35.5. The number of rotatable bonds is 9. The summed E-state index contributed by atoms with van der Waals surface area (Å²) >= 11 is 7.73. The second-order valence-corrected chi connectivity index (χ2v) is 8.22. The number of aliphatic hydroxyl groups excluding tert-OH is 1. The quantitative estimate of drug-likeness (QED) is 0.511. The van der Waals surface area contributed by atoms with E-state index in [4.69, 9.17) is 21.3 Å². The molecule has 0 fully saturated rings. The predicted octanol–water partition coefficient (Wildman–Crippen LogP) is 5.03. The Labute approximate surface area is 174 Å². The van der Waals surface area contributed by atoms with Crippen LogP contribution in [0.2, 0.25) is 5.02 Å². The molecule has 2 aromatic heterocycles. The van der Waals surface area contributed by atoms with Gasteiger partial charge in [-0.25, -0.2) is 4.98 Å². The Balaban J connectivity index is 1.89. The summed E-state index contributed by atoms with van der Waals surface area (Å²) in [5, 5.41) is 10.9. The minimum absolute atomic E-state index is 0.0363. The van der Waals surface area contributed by atoms with Crippen molar-refractivity contribution in [1.82, 2.24) is 15.0 Å². The summed E-state index contributed by atoms with van der Waals surface area (Å²) in [6, 6.07) is 11.7. The van der Waals surface area contributed by atoms with Gasteiger partial charge in [-0.05, 0) is 35.7 Å². The van der Waals surface area contributed by atoms with Gasteiger partial charge in [-0.2, -0.15) is 0 Å². The summed E-state index contributed by atoms with van der Waals surface area (Å²) in [5.74, 6) is 1.01. The van der Waals surface area contributed by atoms with Crippen LogP contribution in [0.1, 0.15) is 43.0 Å². The number of nitrogens with one attached hydrogen (secondary N) is 1. The number of hydrogen-bond donors (Lipinski definition) is 2. The van der Waals surface area contributed by atoms with E-state index in [1.54, 1.807) is 18.0 Å². The van der Waals surface area contributed by atoms with E-state index in [0.717, 1.165) is 27.0 Å². The summed E-state index contributed by atoms with van der Waals surface area (Å²) in [5.41, 5.74) is 2.04. The average molecular weight is 418 g/mol. The Morgan fingerprint density at radius 1 is 1.25 bits per heavy atom. The van der Waals surface area contributed by atoms with Crippen molar-refractivity contribution in [1.29, 1.82) is 0 Å². The fraction of sp³-hybridized carbons (Fsp3) is 0.333. The molecule has 2 N–H and O–H groups in total. The first-order valence-corrected chi connectivity index (χ1v) is 10.4. The lowest BCUT2D eigenvalue weighted by atomic mass is 10.1. The molecule has 0 aliphatic rings. The molecule has 28 heavy (non-hydrogen) atoms. The van der Waals surface area contributed by atoms with Crippen LogP contribution in [0.25, 0.3) is 0 Å². The first kappa shape index (κ1) is 20.9. The largest absolute Gasteiger partial charge is 0.394 e. The number of imidazole rings is 1. The van der Waals surface area contributed by atoms with Gasteiger partial charge in [-0.3, -0.25) is 4.98 Å². The van der Waals surface area contributed by atoms with Crippen molar-refractivity contribution in [2.45, 2.75) is 42.2 Å². The number of hydrogen-bond acceptors (Lipinski definition) is 5. The number of ether oxygens (including phenoxy) is 1. The molecular weight excluding hydrogens is 394 g/mol. The Hall–Kier alpha value is -1.86. The van der Waals surface area contributed by atoms with Crippen LogP contribution in [0.5, 0.6) is 0 Å². The molecule has 3 aromatic rings. The zero-order valence-corrected chi connectivity index (χ0v) is 17.5. The number of nitrogens with zero attached hydrogens (tertiary/aromatic N) is 2. The minimum atomic E-state index is -0.289. The van der Waals surface area contributed by atoms with Crippen molar-refractivity contribution in [2.75, 3.05) is 13.2 Å². The zero-order chi connectivity index (χ0) is 19.9. The third-order valence-electron chi connectivity index (χ3n) is 4.14. The van der Waals surface area contributed by atoms with Crippen molar-refractivity contribution in [3.05, 3.63) is 70.9 Å². The van der Waals surface area contributed by atoms with Gasteiger partial charge in [-0.15, -0.1) is 0 Å². The van der Waals surface area contributed by atoms with Crippen molar-refractivity contribution in [3.63, 3.8) is 0 Å². The summed E-state index contributed by atoms with van der Waals surface area (Å²) < 4.78 is 5.90. The van der Waals surface area contributed by atoms with Crippen LogP contribution in [0.4, 0.5) is 0 Å². The lowest BCUT2D eigenvalue weighted by Crippen LogP contribution is -2.12. The topological polar surface area (TPSA) is 71.0 Å². The molecule has 1 aromatic carbocycles. The second kappa shape index (κ2) is 10.1. The molecular formula is C21H24ClN3O2S. The molecule has 0 radical (unpaired) electrons. The van der Waals surface area contributed by atoms with E-state index in [0.29, 0.717) is 11.4 Å². The molecule has 0 spiro atoms. The second-order valence-electron chi connectivity index (χ2n) is 6.70. The Kier molecular flexibility index (Phi) is 7.50. The first-order chi connectivity index (χ1) is 13.6. The van der Waals surface area contributed by atoms with Crippen molar-refractivity contribution >= 4 is 23.4 Å². The zero-order valence-electron chi connectivity index (χ0n) is 15.9. The normalized spacial score (nSPS) is 12.5. The van der Waals surface area contributed by atoms with Gasteiger partial charge >= 0.3 is 0 Å². The number of aromatic amines is 1. The predicted molar refractivity (Wildman–Crippen MR) is 112 cm³/mol. The monoisotopic (exact) mass is 417 g/mol. The van der Waals surface area contributed by atoms with E-state index in [9.17, 15) is 5.11 Å². The van der Waals surface area contributed by atoms with Crippen LogP contribution in [0.3, 0.4) is 0 Å². The van der Waals surface area contributed by atoms with Gasteiger partial charge in [0.2, 0.25) is 0 Å². The maximum atomic E-state index is 9.21. The van der Waals surface area contributed by atoms with E-state index in [2.05, 4.69) is 23.8 Å². The highest BCUT2D eigenvalue weighted by Gasteiger charge is 2.22. The first-order valence-electron chi connectivity index (χ1n) is 9.21. The molecule has 1 atom stereocenters. The van der Waals surface area contributed by atoms with E-state index >= 15 is 0 Å². The molecule has 0 aliphatic carbocycles. The molecule has 0 aliphatic heterocycles. The van der Waals surface area contributed by atoms with Gasteiger partial charge < -0.3 is 14.8 Å². The number of aliphatic hydroxyl groups is 1. The van der Waals surface area contributed by atoms with Gasteiger partial charge in [0.05, 0.1) is 18.9 Å². The minimum Gasteiger partial charge on any atom is -0.394 e. The molecule has 2 heterocycles. The molecule has 0 bridgehead atoms. The van der Waals surface area contributed by atoms with Gasteiger partial charge in [-0.1, -0.05) is 49.3 Å². The fourth-order valence-corrected chi connectivity index (χ4v) is 4.19. The van der Waals surface area contributed by atoms with Crippen molar-refractivity contribution in [2.24, 2.45) is 0 Å². The van der Waals surface area contributed by atoms with Crippen LogP contribution in [0.15, 0.2) is 58.7 Å². The maximum Gasteiger partial charge on any atom is 0.136 e. The summed E-state index contributed by atoms with van der Waals surface area (Å²) in [4.78, 5) is 13.5.